The van der Waals surface area contributed by atoms with Gasteiger partial charge < -0.3 is 19.3 Å². The van der Waals surface area contributed by atoms with Gasteiger partial charge in [-0.15, -0.1) is 0 Å². The number of hydrogen-bond donors (Lipinski definition) is 1. The Balaban J connectivity index is 0.000000139. The first kappa shape index (κ1) is 22.4. The lowest BCUT2D eigenvalue weighted by Crippen LogP contribution is -2.45. The normalized spacial score (nSPS) is 31.5. The minimum Gasteiger partial charge on any atom is -0.497 e. The molecular formula is C27H38N4O2. The molecule has 0 amide bonds. The standard InChI is InChI=1S/C14H20N2O.C13H18N2O/c1-14-7-8-15(2)13(14)16(3)12-6-5-10(17-4)9-11(12)14;1-13-6-7-14-12(13)15(2)11-5-4-9(16-3)8-10(11)13/h5-6,9,13H,7-8H2,1-4H3;4-5,8,12,14H,6-7H2,1-3H3/t13?,14-;12?,13-/m11/s1. The summed E-state index contributed by atoms with van der Waals surface area (Å²) in [6.07, 6.45) is 3.35. The van der Waals surface area contributed by atoms with Crippen molar-refractivity contribution in [3.63, 3.8) is 0 Å². The number of likely N-dealkylation sites (N-methyl/N-ethyl adjacent to an activating group) is 3. The summed E-state index contributed by atoms with van der Waals surface area (Å²) in [7, 11) is 10.0. The van der Waals surface area contributed by atoms with E-state index in [9.17, 15) is 0 Å². The molecule has 2 aromatic rings. The Bertz CT molecular complexity index is 1060. The van der Waals surface area contributed by atoms with Crippen LogP contribution in [0.5, 0.6) is 11.5 Å². The monoisotopic (exact) mass is 450 g/mol. The second-order valence-corrected chi connectivity index (χ2v) is 10.5. The average Bonchev–Trinajstić information content (AvgIpc) is 3.49. The highest BCUT2D eigenvalue weighted by Crippen LogP contribution is 2.52. The summed E-state index contributed by atoms with van der Waals surface area (Å²) in [6, 6.07) is 12.9. The predicted octanol–water partition coefficient (Wildman–Crippen LogP) is 3.79. The van der Waals surface area contributed by atoms with Gasteiger partial charge >= 0.3 is 0 Å². The molecule has 6 rings (SSSR count). The van der Waals surface area contributed by atoms with Crippen molar-refractivity contribution in [2.75, 3.05) is 58.3 Å². The van der Waals surface area contributed by atoms with E-state index >= 15 is 0 Å². The molecule has 0 aliphatic carbocycles. The number of methoxy groups -OCH3 is 2. The molecule has 4 aliphatic heterocycles. The van der Waals surface area contributed by atoms with E-state index in [-0.39, 0.29) is 10.8 Å². The van der Waals surface area contributed by atoms with Crippen molar-refractivity contribution in [2.24, 2.45) is 0 Å². The molecule has 0 bridgehead atoms. The first-order valence-electron chi connectivity index (χ1n) is 12.0. The molecule has 4 heterocycles. The summed E-state index contributed by atoms with van der Waals surface area (Å²) >= 11 is 0. The third-order valence-electron chi connectivity index (χ3n) is 8.71. The number of hydrogen-bond acceptors (Lipinski definition) is 6. The molecule has 0 saturated carbocycles. The second-order valence-electron chi connectivity index (χ2n) is 10.5. The summed E-state index contributed by atoms with van der Waals surface area (Å²) < 4.78 is 10.7. The van der Waals surface area contributed by atoms with Gasteiger partial charge in [0, 0.05) is 42.8 Å². The van der Waals surface area contributed by atoms with Crippen molar-refractivity contribution in [3.8, 4) is 11.5 Å². The summed E-state index contributed by atoms with van der Waals surface area (Å²) in [5, 5.41) is 3.58. The number of nitrogens with one attached hydrogen (secondary N) is 1. The number of likely N-dealkylation sites (tertiary alicyclic amines) is 1. The van der Waals surface area contributed by atoms with Crippen LogP contribution >= 0.6 is 0 Å². The largest absolute Gasteiger partial charge is 0.497 e. The maximum Gasteiger partial charge on any atom is 0.119 e. The first-order chi connectivity index (χ1) is 15.7. The molecule has 6 heteroatoms. The quantitative estimate of drug-likeness (QED) is 0.751. The van der Waals surface area contributed by atoms with Crippen LogP contribution in [0.15, 0.2) is 36.4 Å². The van der Waals surface area contributed by atoms with Crippen LogP contribution in [0.2, 0.25) is 0 Å². The highest BCUT2D eigenvalue weighted by Gasteiger charge is 2.52. The number of anilines is 2. The van der Waals surface area contributed by atoms with Crippen molar-refractivity contribution in [1.82, 2.24) is 10.2 Å². The molecule has 33 heavy (non-hydrogen) atoms. The summed E-state index contributed by atoms with van der Waals surface area (Å²) in [4.78, 5) is 7.20. The van der Waals surface area contributed by atoms with Crippen LogP contribution in [-0.4, -0.2) is 65.7 Å². The fourth-order valence-electron chi connectivity index (χ4n) is 6.91. The Kier molecular flexibility index (Phi) is 5.29. The average molecular weight is 451 g/mol. The van der Waals surface area contributed by atoms with Crippen molar-refractivity contribution in [1.29, 1.82) is 0 Å². The van der Waals surface area contributed by atoms with Gasteiger partial charge in [0.05, 0.1) is 26.6 Å². The van der Waals surface area contributed by atoms with Gasteiger partial charge in [-0.2, -0.15) is 0 Å². The minimum absolute atomic E-state index is 0.235. The Morgan fingerprint density at radius 1 is 0.818 bits per heavy atom. The van der Waals surface area contributed by atoms with E-state index in [1.165, 1.54) is 41.9 Å². The first-order valence-corrected chi connectivity index (χ1v) is 12.0. The van der Waals surface area contributed by atoms with E-state index in [0.717, 1.165) is 18.0 Å². The van der Waals surface area contributed by atoms with Crippen LogP contribution in [0.1, 0.15) is 37.8 Å². The van der Waals surface area contributed by atoms with E-state index < -0.39 is 0 Å². The number of ether oxygens (including phenoxy) is 2. The van der Waals surface area contributed by atoms with Crippen molar-refractivity contribution >= 4 is 11.4 Å². The molecular weight excluding hydrogens is 412 g/mol. The molecule has 0 radical (unpaired) electrons. The van der Waals surface area contributed by atoms with Gasteiger partial charge in [-0.3, -0.25) is 10.2 Å². The Labute approximate surface area is 198 Å². The van der Waals surface area contributed by atoms with Gasteiger partial charge in [0.25, 0.3) is 0 Å². The zero-order valence-corrected chi connectivity index (χ0v) is 21.1. The Morgan fingerprint density at radius 3 is 2.00 bits per heavy atom. The fourth-order valence-corrected chi connectivity index (χ4v) is 6.91. The predicted molar refractivity (Wildman–Crippen MR) is 135 cm³/mol. The van der Waals surface area contributed by atoms with Gasteiger partial charge in [0.2, 0.25) is 0 Å². The second kappa shape index (κ2) is 7.81. The fraction of sp³-hybridized carbons (Fsp3) is 0.556. The smallest absolute Gasteiger partial charge is 0.119 e. The van der Waals surface area contributed by atoms with Crippen molar-refractivity contribution < 1.29 is 9.47 Å². The lowest BCUT2D eigenvalue weighted by atomic mass is 9.81. The minimum atomic E-state index is 0.235. The molecule has 2 saturated heterocycles. The van der Waals surface area contributed by atoms with Crippen LogP contribution in [0, 0.1) is 0 Å². The Hall–Kier alpha value is -2.44. The van der Waals surface area contributed by atoms with Crippen LogP contribution in [0.4, 0.5) is 11.4 Å². The molecule has 2 fully saturated rings. The number of fused-ring (bicyclic) bond motifs is 6. The molecule has 4 aliphatic rings. The van der Waals surface area contributed by atoms with Gasteiger partial charge in [-0.05, 0) is 74.0 Å². The van der Waals surface area contributed by atoms with E-state index in [2.05, 4.69) is 85.3 Å². The van der Waals surface area contributed by atoms with E-state index in [4.69, 9.17) is 9.47 Å². The summed E-state index contributed by atoms with van der Waals surface area (Å²) in [6.45, 7) is 6.99. The maximum absolute atomic E-state index is 5.36. The number of benzene rings is 2. The lowest BCUT2D eigenvalue weighted by Gasteiger charge is -2.32. The molecule has 6 nitrogen and oxygen atoms in total. The molecule has 2 aromatic carbocycles. The maximum atomic E-state index is 5.36. The van der Waals surface area contributed by atoms with Crippen LogP contribution in [-0.2, 0) is 10.8 Å². The van der Waals surface area contributed by atoms with Crippen molar-refractivity contribution in [2.45, 2.75) is 49.9 Å². The molecule has 0 spiro atoms. The molecule has 178 valence electrons. The van der Waals surface area contributed by atoms with Gasteiger partial charge in [0.15, 0.2) is 0 Å². The number of nitrogens with zero attached hydrogens (tertiary/aromatic N) is 3. The molecule has 2 unspecified atom stereocenters. The van der Waals surface area contributed by atoms with Gasteiger partial charge in [0.1, 0.15) is 11.5 Å². The zero-order chi connectivity index (χ0) is 23.5. The van der Waals surface area contributed by atoms with Crippen molar-refractivity contribution in [3.05, 3.63) is 47.5 Å². The molecule has 0 aromatic heterocycles. The van der Waals surface area contributed by atoms with Crippen LogP contribution < -0.4 is 24.6 Å². The topological polar surface area (TPSA) is 40.2 Å². The third kappa shape index (κ3) is 3.14. The Morgan fingerprint density at radius 2 is 1.39 bits per heavy atom. The molecule has 4 atom stereocenters. The van der Waals surface area contributed by atoms with Gasteiger partial charge in [-0.1, -0.05) is 13.8 Å². The highest BCUT2D eigenvalue weighted by atomic mass is 16.5. The van der Waals surface area contributed by atoms with Crippen LogP contribution in [0.3, 0.4) is 0 Å². The van der Waals surface area contributed by atoms with E-state index in [0.29, 0.717) is 12.3 Å². The highest BCUT2D eigenvalue weighted by molar-refractivity contribution is 5.67. The number of rotatable bonds is 2. The zero-order valence-electron chi connectivity index (χ0n) is 21.1. The van der Waals surface area contributed by atoms with Gasteiger partial charge in [-0.25, -0.2) is 0 Å². The lowest BCUT2D eigenvalue weighted by molar-refractivity contribution is 0.268. The summed E-state index contributed by atoms with van der Waals surface area (Å²) in [5.74, 6) is 1.93. The van der Waals surface area contributed by atoms with Crippen LogP contribution in [0.25, 0.3) is 0 Å². The third-order valence-corrected chi connectivity index (χ3v) is 8.71. The van der Waals surface area contributed by atoms with E-state index in [1.54, 1.807) is 14.2 Å². The van der Waals surface area contributed by atoms with E-state index in [1.807, 2.05) is 6.07 Å². The summed E-state index contributed by atoms with van der Waals surface area (Å²) in [5.41, 5.74) is 6.02. The molecule has 1 N–H and O–H groups in total. The SMILES string of the molecule is COc1ccc2c(c1)[C@@]1(C)CCN(C)C1N2C.COc1ccc2c(c1)[C@@]1(C)CCNC1N2C.